The van der Waals surface area contributed by atoms with Gasteiger partial charge >= 0.3 is 5.97 Å². The minimum absolute atomic E-state index is 0.304. The molecule has 0 spiro atoms. The maximum Gasteiger partial charge on any atom is 0.319 e. The highest BCUT2D eigenvalue weighted by Gasteiger charge is 2.22. The lowest BCUT2D eigenvalue weighted by Crippen LogP contribution is -2.21. The quantitative estimate of drug-likeness (QED) is 0.669. The molecule has 1 aromatic heterocycles. The SMILES string of the molecule is COC(=O)C(Cc1ccc(F)cc1)Sc1ncn[nH]1. The number of hydrogen-bond donors (Lipinski definition) is 1. The number of hydrogen-bond acceptors (Lipinski definition) is 5. The molecule has 7 heteroatoms. The fraction of sp³-hybridized carbons (Fsp3) is 0.250. The Morgan fingerprint density at radius 2 is 2.21 bits per heavy atom. The molecule has 0 radical (unpaired) electrons. The average molecular weight is 281 g/mol. The number of esters is 1. The molecule has 1 unspecified atom stereocenters. The van der Waals surface area contributed by atoms with Crippen molar-refractivity contribution in [3.8, 4) is 0 Å². The summed E-state index contributed by atoms with van der Waals surface area (Å²) >= 11 is 1.23. The molecule has 19 heavy (non-hydrogen) atoms. The molecule has 0 fully saturated rings. The number of H-pyrrole nitrogens is 1. The number of thioether (sulfide) groups is 1. The molecule has 0 aliphatic rings. The Kier molecular flexibility index (Phi) is 4.51. The van der Waals surface area contributed by atoms with Crippen LogP contribution in [0.5, 0.6) is 0 Å². The van der Waals surface area contributed by atoms with Crippen LogP contribution in [0.15, 0.2) is 35.7 Å². The number of nitrogens with one attached hydrogen (secondary N) is 1. The Balaban J connectivity index is 2.09. The maximum absolute atomic E-state index is 12.8. The average Bonchev–Trinajstić information content (AvgIpc) is 2.92. The molecule has 1 N–H and O–H groups in total. The largest absolute Gasteiger partial charge is 0.468 e. The van der Waals surface area contributed by atoms with Crippen LogP contribution in [0.1, 0.15) is 5.56 Å². The number of carbonyl (C=O) groups excluding carboxylic acids is 1. The van der Waals surface area contributed by atoms with Gasteiger partial charge in [0, 0.05) is 0 Å². The Hall–Kier alpha value is -1.89. The molecular weight excluding hydrogens is 269 g/mol. The lowest BCUT2D eigenvalue weighted by atomic mass is 10.1. The van der Waals surface area contributed by atoms with Gasteiger partial charge in [-0.25, -0.2) is 9.37 Å². The van der Waals surface area contributed by atoms with Crippen LogP contribution in [0, 0.1) is 5.82 Å². The normalized spacial score (nSPS) is 12.1. The van der Waals surface area contributed by atoms with E-state index in [4.69, 9.17) is 4.74 Å². The summed E-state index contributed by atoms with van der Waals surface area (Å²) in [5, 5.41) is 6.48. The van der Waals surface area contributed by atoms with Crippen molar-refractivity contribution in [1.29, 1.82) is 0 Å². The second-order valence-electron chi connectivity index (χ2n) is 3.75. The van der Waals surface area contributed by atoms with Crippen molar-refractivity contribution in [2.75, 3.05) is 7.11 Å². The van der Waals surface area contributed by atoms with Gasteiger partial charge in [-0.05, 0) is 24.1 Å². The van der Waals surface area contributed by atoms with Crippen molar-refractivity contribution >= 4 is 17.7 Å². The fourth-order valence-corrected chi connectivity index (χ4v) is 2.48. The van der Waals surface area contributed by atoms with E-state index in [0.29, 0.717) is 11.6 Å². The summed E-state index contributed by atoms with van der Waals surface area (Å²) in [5.41, 5.74) is 0.851. The van der Waals surface area contributed by atoms with Gasteiger partial charge in [0.25, 0.3) is 0 Å². The van der Waals surface area contributed by atoms with Crippen LogP contribution in [0.2, 0.25) is 0 Å². The first-order valence-electron chi connectivity index (χ1n) is 5.53. The molecule has 0 aliphatic heterocycles. The van der Waals surface area contributed by atoms with Gasteiger partial charge in [0.1, 0.15) is 17.4 Å². The Bertz CT molecular complexity index is 530. The Labute approximate surface area is 113 Å². The summed E-state index contributed by atoms with van der Waals surface area (Å²) in [5.74, 6) is -0.660. The molecule has 0 saturated carbocycles. The zero-order valence-electron chi connectivity index (χ0n) is 10.2. The van der Waals surface area contributed by atoms with E-state index < -0.39 is 5.25 Å². The zero-order valence-corrected chi connectivity index (χ0v) is 11.0. The van der Waals surface area contributed by atoms with Gasteiger partial charge in [0.05, 0.1) is 7.11 Å². The third-order valence-electron chi connectivity index (χ3n) is 2.45. The second-order valence-corrected chi connectivity index (χ2v) is 4.94. The number of nitrogens with zero attached hydrogens (tertiary/aromatic N) is 2. The number of ether oxygens (including phenoxy) is 1. The molecule has 0 saturated heterocycles. The molecule has 0 aliphatic carbocycles. The van der Waals surface area contributed by atoms with Crippen LogP contribution in [0.3, 0.4) is 0 Å². The first kappa shape index (κ1) is 13.5. The standard InChI is InChI=1S/C12H12FN3O2S/c1-18-11(17)10(19-12-14-7-15-16-12)6-8-2-4-9(13)5-3-8/h2-5,7,10H,6H2,1H3,(H,14,15,16). The summed E-state index contributed by atoms with van der Waals surface area (Å²) in [4.78, 5) is 15.7. The van der Waals surface area contributed by atoms with Crippen LogP contribution in [-0.4, -0.2) is 33.5 Å². The lowest BCUT2D eigenvalue weighted by molar-refractivity contribution is -0.139. The molecular formula is C12H12FN3O2S. The van der Waals surface area contributed by atoms with Crippen molar-refractivity contribution in [2.24, 2.45) is 0 Å². The molecule has 100 valence electrons. The third-order valence-corrected chi connectivity index (χ3v) is 3.51. The van der Waals surface area contributed by atoms with Gasteiger partial charge in [-0.1, -0.05) is 23.9 Å². The predicted octanol–water partition coefficient (Wildman–Crippen LogP) is 1.82. The van der Waals surface area contributed by atoms with Crippen molar-refractivity contribution in [3.63, 3.8) is 0 Å². The molecule has 0 bridgehead atoms. The highest BCUT2D eigenvalue weighted by atomic mass is 32.2. The van der Waals surface area contributed by atoms with Crippen LogP contribution >= 0.6 is 11.8 Å². The molecule has 1 heterocycles. The Morgan fingerprint density at radius 1 is 1.47 bits per heavy atom. The van der Waals surface area contributed by atoms with E-state index in [1.54, 1.807) is 12.1 Å². The summed E-state index contributed by atoms with van der Waals surface area (Å²) in [6.07, 6.45) is 1.80. The molecule has 0 amide bonds. The van der Waals surface area contributed by atoms with E-state index in [1.807, 2.05) is 0 Å². The molecule has 1 atom stereocenters. The van der Waals surface area contributed by atoms with Gasteiger partial charge < -0.3 is 4.74 Å². The van der Waals surface area contributed by atoms with Crippen LogP contribution < -0.4 is 0 Å². The lowest BCUT2D eigenvalue weighted by Gasteiger charge is -2.12. The van der Waals surface area contributed by atoms with E-state index in [0.717, 1.165) is 5.56 Å². The monoisotopic (exact) mass is 281 g/mol. The van der Waals surface area contributed by atoms with Crippen LogP contribution in [0.4, 0.5) is 4.39 Å². The third kappa shape index (κ3) is 3.78. The number of halogens is 1. The van der Waals surface area contributed by atoms with Crippen molar-refractivity contribution < 1.29 is 13.9 Å². The van der Waals surface area contributed by atoms with E-state index in [9.17, 15) is 9.18 Å². The highest BCUT2D eigenvalue weighted by Crippen LogP contribution is 2.23. The first-order valence-corrected chi connectivity index (χ1v) is 6.41. The predicted molar refractivity (Wildman–Crippen MR) is 68.1 cm³/mol. The molecule has 1 aromatic carbocycles. The number of benzene rings is 1. The fourth-order valence-electron chi connectivity index (χ4n) is 1.52. The van der Waals surface area contributed by atoms with Gasteiger partial charge in [-0.2, -0.15) is 5.10 Å². The summed E-state index contributed by atoms with van der Waals surface area (Å²) in [7, 11) is 1.33. The van der Waals surface area contributed by atoms with Crippen molar-refractivity contribution in [3.05, 3.63) is 42.0 Å². The highest BCUT2D eigenvalue weighted by molar-refractivity contribution is 8.00. The van der Waals surface area contributed by atoms with Crippen LogP contribution in [0.25, 0.3) is 0 Å². The summed E-state index contributed by atoms with van der Waals surface area (Å²) < 4.78 is 17.6. The van der Waals surface area contributed by atoms with Crippen LogP contribution in [-0.2, 0) is 16.0 Å². The van der Waals surface area contributed by atoms with E-state index >= 15 is 0 Å². The number of aromatic amines is 1. The number of rotatable bonds is 5. The minimum atomic E-state index is -0.455. The minimum Gasteiger partial charge on any atom is -0.468 e. The first-order chi connectivity index (χ1) is 9.19. The maximum atomic E-state index is 12.8. The Morgan fingerprint density at radius 3 is 2.79 bits per heavy atom. The number of aromatic nitrogens is 3. The second kappa shape index (κ2) is 6.33. The van der Waals surface area contributed by atoms with Gasteiger partial charge in [-0.15, -0.1) is 0 Å². The van der Waals surface area contributed by atoms with E-state index in [2.05, 4.69) is 15.2 Å². The molecule has 2 aromatic rings. The topological polar surface area (TPSA) is 67.9 Å². The van der Waals surface area contributed by atoms with Gasteiger partial charge in [0.15, 0.2) is 5.16 Å². The van der Waals surface area contributed by atoms with Crippen molar-refractivity contribution in [1.82, 2.24) is 15.2 Å². The smallest absolute Gasteiger partial charge is 0.319 e. The zero-order chi connectivity index (χ0) is 13.7. The molecule has 2 rings (SSSR count). The van der Waals surface area contributed by atoms with Crippen molar-refractivity contribution in [2.45, 2.75) is 16.8 Å². The van der Waals surface area contributed by atoms with E-state index in [-0.39, 0.29) is 11.8 Å². The van der Waals surface area contributed by atoms with Gasteiger partial charge in [-0.3, -0.25) is 9.89 Å². The molecule has 5 nitrogen and oxygen atoms in total. The number of carbonyl (C=O) groups is 1. The van der Waals surface area contributed by atoms with E-state index in [1.165, 1.54) is 37.3 Å². The summed E-state index contributed by atoms with van der Waals surface area (Å²) in [6, 6.07) is 6.02. The van der Waals surface area contributed by atoms with Gasteiger partial charge in [0.2, 0.25) is 0 Å². The number of methoxy groups -OCH3 is 1. The summed E-state index contributed by atoms with van der Waals surface area (Å²) in [6.45, 7) is 0.